The molecule has 1 saturated heterocycles. The van der Waals surface area contributed by atoms with Crippen LogP contribution in [0.3, 0.4) is 0 Å². The molecule has 0 aliphatic carbocycles. The highest BCUT2D eigenvalue weighted by Gasteiger charge is 2.29. The van der Waals surface area contributed by atoms with Crippen molar-refractivity contribution in [1.82, 2.24) is 29.4 Å². The van der Waals surface area contributed by atoms with Crippen LogP contribution >= 0.6 is 0 Å². The maximum Gasteiger partial charge on any atom is 0.322 e. The largest absolute Gasteiger partial charge is 0.322 e. The summed E-state index contributed by atoms with van der Waals surface area (Å²) in [6.45, 7) is 7.38. The van der Waals surface area contributed by atoms with E-state index in [0.29, 0.717) is 0 Å². The van der Waals surface area contributed by atoms with Crippen LogP contribution in [0.2, 0.25) is 0 Å². The van der Waals surface area contributed by atoms with Crippen LogP contribution in [-0.2, 0) is 0 Å². The first-order valence-electron chi connectivity index (χ1n) is 9.50. The normalized spacial score (nSPS) is 16.8. The van der Waals surface area contributed by atoms with Gasteiger partial charge in [0.25, 0.3) is 0 Å². The van der Waals surface area contributed by atoms with Gasteiger partial charge in [-0.25, -0.2) is 4.79 Å². The maximum absolute atomic E-state index is 12.8. The highest BCUT2D eigenvalue weighted by molar-refractivity contribution is 5.75. The van der Waals surface area contributed by atoms with E-state index >= 15 is 0 Å². The summed E-state index contributed by atoms with van der Waals surface area (Å²) in [4.78, 5) is 25.8. The average molecular weight is 357 g/mol. The quantitative estimate of drug-likeness (QED) is 0.517. The van der Waals surface area contributed by atoms with Crippen LogP contribution < -0.4 is 0 Å². The average Bonchev–Trinajstić information content (AvgIpc) is 2.50. The molecule has 25 heavy (non-hydrogen) atoms. The van der Waals surface area contributed by atoms with E-state index in [-0.39, 0.29) is 6.03 Å². The van der Waals surface area contributed by atoms with Crippen LogP contribution in [0.5, 0.6) is 0 Å². The van der Waals surface area contributed by atoms with E-state index in [0.717, 1.165) is 71.9 Å². The van der Waals surface area contributed by atoms with Crippen molar-refractivity contribution in [3.05, 3.63) is 0 Å². The third kappa shape index (κ3) is 9.39. The van der Waals surface area contributed by atoms with E-state index in [1.54, 1.807) is 0 Å². The van der Waals surface area contributed by atoms with Gasteiger partial charge in [0.2, 0.25) is 0 Å². The first kappa shape index (κ1) is 22.2. The van der Waals surface area contributed by atoms with Crippen molar-refractivity contribution < 1.29 is 4.79 Å². The molecule has 0 atom stereocenters. The Balaban J connectivity index is 2.56. The molecule has 1 aliphatic rings. The van der Waals surface area contributed by atoms with Crippen LogP contribution in [0.25, 0.3) is 0 Å². The van der Waals surface area contributed by atoms with Crippen LogP contribution in [0.4, 0.5) is 4.79 Å². The first-order chi connectivity index (χ1) is 11.8. The number of hydrogen-bond acceptors (Lipinski definition) is 5. The summed E-state index contributed by atoms with van der Waals surface area (Å²) in [5, 5.41) is 0. The lowest BCUT2D eigenvalue weighted by Gasteiger charge is -2.42. The van der Waals surface area contributed by atoms with Crippen LogP contribution in [-0.4, -0.2) is 130 Å². The molecule has 0 unspecified atom stereocenters. The number of rotatable bonds is 12. The Hall–Kier alpha value is -0.890. The van der Waals surface area contributed by atoms with Gasteiger partial charge in [0.05, 0.1) is 13.3 Å². The Labute approximate surface area is 155 Å². The predicted octanol–water partition coefficient (Wildman–Crippen LogP) is 0.796. The topological polar surface area (TPSA) is 36.5 Å². The van der Waals surface area contributed by atoms with Crippen molar-refractivity contribution in [3.8, 4) is 0 Å². The van der Waals surface area contributed by atoms with Gasteiger partial charge in [-0.3, -0.25) is 4.90 Å². The van der Waals surface area contributed by atoms with Gasteiger partial charge in [0.1, 0.15) is 0 Å². The maximum atomic E-state index is 12.8. The summed E-state index contributed by atoms with van der Waals surface area (Å²) in [5.41, 5.74) is 0. The van der Waals surface area contributed by atoms with Gasteiger partial charge in [-0.2, -0.15) is 0 Å². The molecule has 0 aromatic rings. The molecule has 0 saturated carbocycles. The molecule has 1 aliphatic heterocycles. The zero-order chi connectivity index (χ0) is 18.8. The molecule has 148 valence electrons. The first-order valence-corrected chi connectivity index (χ1v) is 9.50. The van der Waals surface area contributed by atoms with Gasteiger partial charge in [0.15, 0.2) is 0 Å². The minimum absolute atomic E-state index is 0.210. The second-order valence-corrected chi connectivity index (χ2v) is 7.96. The molecule has 0 aromatic carbocycles. The molecule has 0 N–H and O–H groups in total. The molecule has 0 bridgehead atoms. The zero-order valence-electron chi connectivity index (χ0n) is 17.4. The van der Waals surface area contributed by atoms with E-state index in [1.165, 1.54) is 0 Å². The fraction of sp³-hybridized carbons (Fsp3) is 0.944. The lowest BCUT2D eigenvalue weighted by Crippen LogP contribution is -2.58. The zero-order valence-corrected chi connectivity index (χ0v) is 17.4. The minimum atomic E-state index is 0.210. The van der Waals surface area contributed by atoms with E-state index in [2.05, 4.69) is 61.9 Å². The standard InChI is InChI=1S/C18H40N6O/c1-19(2)10-7-13-22-16-23(14-8-11-20(3)4)18(25)24(17-22)15-9-12-21(5)6/h7-17H2,1-6H3. The van der Waals surface area contributed by atoms with Gasteiger partial charge in [-0.1, -0.05) is 0 Å². The summed E-state index contributed by atoms with van der Waals surface area (Å²) in [7, 11) is 12.6. The number of carbonyl (C=O) groups is 1. The molecule has 0 spiro atoms. The van der Waals surface area contributed by atoms with Gasteiger partial charge < -0.3 is 24.5 Å². The molecule has 1 rings (SSSR count). The van der Waals surface area contributed by atoms with Crippen molar-refractivity contribution in [2.75, 3.05) is 94.9 Å². The van der Waals surface area contributed by atoms with E-state index < -0.39 is 0 Å². The molecule has 7 heteroatoms. The van der Waals surface area contributed by atoms with Gasteiger partial charge in [-0.15, -0.1) is 0 Å². The molecule has 7 nitrogen and oxygen atoms in total. The van der Waals surface area contributed by atoms with E-state index in [9.17, 15) is 4.79 Å². The van der Waals surface area contributed by atoms with Crippen LogP contribution in [0.15, 0.2) is 0 Å². The Morgan fingerprint density at radius 3 is 1.40 bits per heavy atom. The number of urea groups is 1. The summed E-state index contributed by atoms with van der Waals surface area (Å²) in [6.07, 6.45) is 3.18. The SMILES string of the molecule is CN(C)CCCN1CN(CCCN(C)C)C(=O)N(CCCN(C)C)C1. The Morgan fingerprint density at radius 2 is 1.04 bits per heavy atom. The van der Waals surface area contributed by atoms with E-state index in [1.807, 2.05) is 9.80 Å². The minimum Gasteiger partial charge on any atom is -0.312 e. The fourth-order valence-electron chi connectivity index (χ4n) is 3.09. The van der Waals surface area contributed by atoms with E-state index in [4.69, 9.17) is 0 Å². The second kappa shape index (κ2) is 11.7. The number of amides is 2. The Bertz CT molecular complexity index is 349. The molecular weight excluding hydrogens is 316 g/mol. The summed E-state index contributed by atoms with van der Waals surface area (Å²) in [5.74, 6) is 0. The van der Waals surface area contributed by atoms with Crippen LogP contribution in [0.1, 0.15) is 19.3 Å². The number of hydrogen-bond donors (Lipinski definition) is 0. The lowest BCUT2D eigenvalue weighted by molar-refractivity contribution is 0.0297. The molecule has 1 fully saturated rings. The molecule has 0 radical (unpaired) electrons. The van der Waals surface area contributed by atoms with Crippen molar-refractivity contribution in [2.45, 2.75) is 19.3 Å². The summed E-state index contributed by atoms with van der Waals surface area (Å²) >= 11 is 0. The second-order valence-electron chi connectivity index (χ2n) is 7.96. The highest BCUT2D eigenvalue weighted by Crippen LogP contribution is 2.12. The third-order valence-corrected chi connectivity index (χ3v) is 4.43. The number of nitrogens with zero attached hydrogens (tertiary/aromatic N) is 6. The summed E-state index contributed by atoms with van der Waals surface area (Å²) < 4.78 is 0. The van der Waals surface area contributed by atoms with Crippen molar-refractivity contribution in [2.24, 2.45) is 0 Å². The van der Waals surface area contributed by atoms with Crippen molar-refractivity contribution in [3.63, 3.8) is 0 Å². The molecule has 2 amide bonds. The Morgan fingerprint density at radius 1 is 0.680 bits per heavy atom. The number of carbonyl (C=O) groups excluding carboxylic acids is 1. The monoisotopic (exact) mass is 356 g/mol. The molecule has 1 heterocycles. The summed E-state index contributed by atoms with van der Waals surface area (Å²) in [6, 6.07) is 0.210. The lowest BCUT2D eigenvalue weighted by atomic mass is 10.3. The highest BCUT2D eigenvalue weighted by atomic mass is 16.2. The van der Waals surface area contributed by atoms with Gasteiger partial charge in [0, 0.05) is 19.6 Å². The molecular formula is C18H40N6O. The van der Waals surface area contributed by atoms with Gasteiger partial charge >= 0.3 is 6.03 Å². The molecule has 0 aromatic heterocycles. The van der Waals surface area contributed by atoms with Crippen molar-refractivity contribution in [1.29, 1.82) is 0 Å². The Kier molecular flexibility index (Phi) is 10.3. The smallest absolute Gasteiger partial charge is 0.312 e. The predicted molar refractivity (Wildman–Crippen MR) is 105 cm³/mol. The van der Waals surface area contributed by atoms with Crippen LogP contribution in [0, 0.1) is 0 Å². The third-order valence-electron chi connectivity index (χ3n) is 4.43. The van der Waals surface area contributed by atoms with Crippen molar-refractivity contribution >= 4 is 6.03 Å². The van der Waals surface area contributed by atoms with Gasteiger partial charge in [-0.05, 0) is 81.2 Å². The fourth-order valence-corrected chi connectivity index (χ4v) is 3.09.